The van der Waals surface area contributed by atoms with Crippen molar-refractivity contribution in [3.63, 3.8) is 0 Å². The van der Waals surface area contributed by atoms with Crippen LogP contribution in [0.2, 0.25) is 0 Å². The third-order valence-electron chi connectivity index (χ3n) is 3.71. The second-order valence-electron chi connectivity index (χ2n) is 5.66. The van der Waals surface area contributed by atoms with Crippen LogP contribution in [0.5, 0.6) is 0 Å². The van der Waals surface area contributed by atoms with E-state index in [1.807, 2.05) is 18.2 Å². The number of nitrogens with zero attached hydrogens (tertiary/aromatic N) is 4. The van der Waals surface area contributed by atoms with E-state index in [-0.39, 0.29) is 18.5 Å². The highest BCUT2D eigenvalue weighted by Gasteiger charge is 2.17. The van der Waals surface area contributed by atoms with Gasteiger partial charge in [-0.25, -0.2) is 9.67 Å². The molecule has 0 saturated carbocycles. The van der Waals surface area contributed by atoms with Crippen LogP contribution in [0.1, 0.15) is 22.9 Å². The summed E-state index contributed by atoms with van der Waals surface area (Å²) in [7, 11) is 0. The summed E-state index contributed by atoms with van der Waals surface area (Å²) in [5.41, 5.74) is 3.20. The average Bonchev–Trinajstić information content (AvgIpc) is 3.10. The first-order valence-corrected chi connectivity index (χ1v) is 7.79. The number of benzene rings is 1. The summed E-state index contributed by atoms with van der Waals surface area (Å²) in [6, 6.07) is 13.8. The van der Waals surface area contributed by atoms with E-state index in [0.29, 0.717) is 6.42 Å². The molecule has 2 heterocycles. The van der Waals surface area contributed by atoms with Crippen LogP contribution in [0.25, 0.3) is 0 Å². The van der Waals surface area contributed by atoms with E-state index in [1.165, 1.54) is 22.9 Å². The number of hydrogen-bond donors (Lipinski definition) is 1. The highest BCUT2D eigenvalue weighted by atomic mass is 16.2. The lowest BCUT2D eigenvalue weighted by molar-refractivity contribution is -0.122. The molecular weight excluding hydrogens is 302 g/mol. The normalized spacial score (nSPS) is 11.9. The van der Waals surface area contributed by atoms with Gasteiger partial charge in [0.1, 0.15) is 19.2 Å². The van der Waals surface area contributed by atoms with Gasteiger partial charge in [0, 0.05) is 6.20 Å². The van der Waals surface area contributed by atoms with Crippen molar-refractivity contribution in [1.82, 2.24) is 25.1 Å². The fourth-order valence-electron chi connectivity index (χ4n) is 2.47. The third-order valence-corrected chi connectivity index (χ3v) is 3.71. The van der Waals surface area contributed by atoms with Gasteiger partial charge in [0.05, 0.1) is 11.7 Å². The predicted octanol–water partition coefficient (Wildman–Crippen LogP) is 2.08. The zero-order valence-electron chi connectivity index (χ0n) is 13.5. The van der Waals surface area contributed by atoms with Crippen molar-refractivity contribution >= 4 is 5.91 Å². The lowest BCUT2D eigenvalue weighted by atomic mass is 10.0. The van der Waals surface area contributed by atoms with E-state index in [4.69, 9.17) is 0 Å². The van der Waals surface area contributed by atoms with E-state index in [1.54, 1.807) is 6.20 Å². The van der Waals surface area contributed by atoms with Crippen molar-refractivity contribution in [3.05, 3.63) is 78.1 Å². The summed E-state index contributed by atoms with van der Waals surface area (Å²) in [6.07, 6.45) is 5.35. The topological polar surface area (TPSA) is 72.7 Å². The maximum Gasteiger partial charge on any atom is 0.242 e. The molecule has 2 aromatic heterocycles. The monoisotopic (exact) mass is 321 g/mol. The van der Waals surface area contributed by atoms with Crippen molar-refractivity contribution in [2.45, 2.75) is 25.9 Å². The van der Waals surface area contributed by atoms with Gasteiger partial charge in [-0.3, -0.25) is 9.78 Å². The van der Waals surface area contributed by atoms with Crippen molar-refractivity contribution < 1.29 is 4.79 Å². The molecule has 3 rings (SSSR count). The molecule has 6 heteroatoms. The summed E-state index contributed by atoms with van der Waals surface area (Å²) >= 11 is 0. The van der Waals surface area contributed by atoms with Crippen molar-refractivity contribution in [1.29, 1.82) is 0 Å². The molecule has 1 aromatic carbocycles. The zero-order chi connectivity index (χ0) is 16.8. The van der Waals surface area contributed by atoms with Crippen molar-refractivity contribution in [2.24, 2.45) is 0 Å². The molecule has 0 aliphatic heterocycles. The Balaban J connectivity index is 1.74. The SMILES string of the molecule is Cc1ccc(C[C@@H](NC(=O)Cn2cncn2)c2ccccn2)cc1. The van der Waals surface area contributed by atoms with E-state index >= 15 is 0 Å². The first-order chi connectivity index (χ1) is 11.7. The van der Waals surface area contributed by atoms with Crippen LogP contribution >= 0.6 is 0 Å². The van der Waals surface area contributed by atoms with Crippen LogP contribution in [0.15, 0.2) is 61.3 Å². The van der Waals surface area contributed by atoms with E-state index in [2.05, 4.69) is 51.6 Å². The summed E-state index contributed by atoms with van der Waals surface area (Å²) < 4.78 is 1.50. The Morgan fingerprint density at radius 3 is 2.71 bits per heavy atom. The molecule has 24 heavy (non-hydrogen) atoms. The lowest BCUT2D eigenvalue weighted by Gasteiger charge is -2.18. The Bertz CT molecular complexity index is 769. The Morgan fingerprint density at radius 2 is 2.04 bits per heavy atom. The largest absolute Gasteiger partial charge is 0.346 e. The fraction of sp³-hybridized carbons (Fsp3) is 0.222. The molecule has 0 bridgehead atoms. The van der Waals surface area contributed by atoms with Gasteiger partial charge in [-0.1, -0.05) is 35.9 Å². The van der Waals surface area contributed by atoms with E-state index in [0.717, 1.165) is 11.3 Å². The molecule has 3 aromatic rings. The van der Waals surface area contributed by atoms with Gasteiger partial charge in [-0.05, 0) is 31.0 Å². The van der Waals surface area contributed by atoms with Crippen molar-refractivity contribution in [3.8, 4) is 0 Å². The third kappa shape index (κ3) is 4.25. The molecule has 1 amide bonds. The van der Waals surface area contributed by atoms with Crippen LogP contribution in [-0.4, -0.2) is 25.7 Å². The highest BCUT2D eigenvalue weighted by molar-refractivity contribution is 5.76. The van der Waals surface area contributed by atoms with Crippen LogP contribution in [0.3, 0.4) is 0 Å². The van der Waals surface area contributed by atoms with Gasteiger partial charge in [0.25, 0.3) is 0 Å². The van der Waals surface area contributed by atoms with Crippen molar-refractivity contribution in [2.75, 3.05) is 0 Å². The molecule has 0 radical (unpaired) electrons. The molecule has 0 spiro atoms. The van der Waals surface area contributed by atoms with E-state index in [9.17, 15) is 4.79 Å². The van der Waals surface area contributed by atoms with Crippen LogP contribution in [0, 0.1) is 6.92 Å². The van der Waals surface area contributed by atoms with Gasteiger partial charge in [0.2, 0.25) is 5.91 Å². The number of carbonyl (C=O) groups is 1. The second kappa shape index (κ2) is 7.50. The first kappa shape index (κ1) is 15.9. The molecule has 6 nitrogen and oxygen atoms in total. The van der Waals surface area contributed by atoms with Gasteiger partial charge in [-0.2, -0.15) is 5.10 Å². The minimum Gasteiger partial charge on any atom is -0.346 e. The maximum absolute atomic E-state index is 12.3. The standard InChI is InChI=1S/C18H19N5O/c1-14-5-7-15(8-6-14)10-17(16-4-2-3-9-20-16)22-18(24)11-23-13-19-12-21-23/h2-9,12-13,17H,10-11H2,1H3,(H,22,24)/t17-/m1/s1. The summed E-state index contributed by atoms with van der Waals surface area (Å²) in [5, 5.41) is 7.00. The average molecular weight is 321 g/mol. The lowest BCUT2D eigenvalue weighted by Crippen LogP contribution is -2.33. The Hall–Kier alpha value is -3.02. The number of rotatable bonds is 6. The highest BCUT2D eigenvalue weighted by Crippen LogP contribution is 2.17. The minimum absolute atomic E-state index is 0.122. The summed E-state index contributed by atoms with van der Waals surface area (Å²) in [6.45, 7) is 2.19. The smallest absolute Gasteiger partial charge is 0.242 e. The number of pyridine rings is 1. The quantitative estimate of drug-likeness (QED) is 0.754. The van der Waals surface area contributed by atoms with Gasteiger partial charge < -0.3 is 5.32 Å². The molecular formula is C18H19N5O. The van der Waals surface area contributed by atoms with Gasteiger partial charge in [0.15, 0.2) is 0 Å². The van der Waals surface area contributed by atoms with E-state index < -0.39 is 0 Å². The number of nitrogens with one attached hydrogen (secondary N) is 1. The number of aryl methyl sites for hydroxylation is 1. The molecule has 0 aliphatic carbocycles. The molecule has 0 aliphatic rings. The number of carbonyl (C=O) groups excluding carboxylic acids is 1. The predicted molar refractivity (Wildman–Crippen MR) is 90.0 cm³/mol. The first-order valence-electron chi connectivity index (χ1n) is 7.79. The van der Waals surface area contributed by atoms with Gasteiger partial charge in [-0.15, -0.1) is 0 Å². The Labute approximate surface area is 140 Å². The molecule has 1 atom stereocenters. The number of amides is 1. The Kier molecular flexibility index (Phi) is 4.96. The van der Waals surface area contributed by atoms with Crippen LogP contribution < -0.4 is 5.32 Å². The number of aromatic nitrogens is 4. The summed E-state index contributed by atoms with van der Waals surface area (Å²) in [5.74, 6) is -0.122. The minimum atomic E-state index is -0.190. The Morgan fingerprint density at radius 1 is 1.21 bits per heavy atom. The molecule has 0 saturated heterocycles. The summed E-state index contributed by atoms with van der Waals surface area (Å²) in [4.78, 5) is 20.6. The zero-order valence-corrected chi connectivity index (χ0v) is 13.5. The molecule has 0 fully saturated rings. The maximum atomic E-state index is 12.3. The number of hydrogen-bond acceptors (Lipinski definition) is 4. The molecule has 1 N–H and O–H groups in total. The fourth-order valence-corrected chi connectivity index (χ4v) is 2.47. The molecule has 0 unspecified atom stereocenters. The van der Waals surface area contributed by atoms with Gasteiger partial charge >= 0.3 is 0 Å². The molecule has 122 valence electrons. The van der Waals surface area contributed by atoms with Crippen LogP contribution in [-0.2, 0) is 17.8 Å². The van der Waals surface area contributed by atoms with Crippen LogP contribution in [0.4, 0.5) is 0 Å². The second-order valence-corrected chi connectivity index (χ2v) is 5.66.